The SMILES string of the molecule is CCCCCCCCCCOc1cc(C)ccc1-c1ccc(N(c2ccc(-c3ccc(N(c4ccc(C)cc4)c4ccc(C(C)(C)C)cc4)cc3)cc2)c2ccc(C(C)(C)C)cc2)cc1.[2H]P(P)P([3H])[PH-]. The van der Waals surface area contributed by atoms with E-state index in [1.54, 1.807) is 0 Å². The van der Waals surface area contributed by atoms with Crippen molar-refractivity contribution in [1.82, 2.24) is 0 Å². The van der Waals surface area contributed by atoms with Crippen LogP contribution in [0.1, 0.15) is 122 Å². The van der Waals surface area contributed by atoms with Gasteiger partial charge in [0, 0.05) is 41.0 Å². The molecule has 0 amide bonds. The Balaban J connectivity index is 0.00000129. The third kappa shape index (κ3) is 15.6. The van der Waals surface area contributed by atoms with Crippen molar-refractivity contribution in [2.24, 2.45) is 0 Å². The Bertz CT molecular complexity index is 2670. The van der Waals surface area contributed by atoms with Gasteiger partial charge in [-0.1, -0.05) is 184 Å². The molecule has 0 saturated carbocycles. The van der Waals surface area contributed by atoms with Crippen LogP contribution in [0.4, 0.5) is 34.1 Å². The van der Waals surface area contributed by atoms with E-state index in [4.69, 9.17) is 7.29 Å². The van der Waals surface area contributed by atoms with E-state index in [0.717, 1.165) is 64.0 Å². The van der Waals surface area contributed by atoms with E-state index in [0.29, 0.717) is 0 Å². The highest BCUT2D eigenvalue weighted by atomic mass is 32.6. The lowest BCUT2D eigenvalue weighted by atomic mass is 9.87. The summed E-state index contributed by atoms with van der Waals surface area (Å²) in [4.78, 5) is 4.71. The first-order chi connectivity index (χ1) is 33.9. The van der Waals surface area contributed by atoms with Crippen molar-refractivity contribution in [3.05, 3.63) is 186 Å². The van der Waals surface area contributed by atoms with E-state index in [-0.39, 0.29) is 10.8 Å². The van der Waals surface area contributed by atoms with Gasteiger partial charge in [0.1, 0.15) is 5.75 Å². The smallest absolute Gasteiger partial charge is 0.127 e. The second-order valence-electron chi connectivity index (χ2n) is 20.3. The van der Waals surface area contributed by atoms with Crippen molar-refractivity contribution in [2.75, 3.05) is 16.4 Å². The second-order valence-corrected chi connectivity index (χ2v) is 25.9. The van der Waals surface area contributed by atoms with Crippen molar-refractivity contribution < 1.29 is 4.74 Å². The summed E-state index contributed by atoms with van der Waals surface area (Å²) in [5.74, 6) is 0.969. The number of benzene rings is 7. The lowest BCUT2D eigenvalue weighted by molar-refractivity contribution is 0.305. The fraction of sp³-hybridized carbons (Fsp3) is 0.323. The molecule has 0 radical (unpaired) electrons. The molecule has 3 unspecified atom stereocenters. The Morgan fingerprint density at radius 3 is 1.22 bits per heavy atom. The quantitative estimate of drug-likeness (QED) is 0.0593. The maximum absolute atomic E-state index is 6.85. The minimum absolute atomic E-state index is 0.0678. The van der Waals surface area contributed by atoms with E-state index < -0.39 is 15.8 Å². The van der Waals surface area contributed by atoms with Gasteiger partial charge in [-0.15, -0.1) is 16.8 Å². The molecule has 0 saturated heterocycles. The molecule has 0 heterocycles. The number of ether oxygens (including phenoxy) is 1. The molecule has 0 spiro atoms. The van der Waals surface area contributed by atoms with Crippen LogP contribution in [0.3, 0.4) is 0 Å². The minimum atomic E-state index is -0.909. The van der Waals surface area contributed by atoms with Crippen LogP contribution in [0.25, 0.3) is 22.3 Å². The van der Waals surface area contributed by atoms with E-state index in [1.165, 1.54) is 78.3 Å². The third-order valence-electron chi connectivity index (χ3n) is 12.7. The van der Waals surface area contributed by atoms with E-state index in [1.807, 2.05) is 0 Å². The molecule has 7 heteroatoms. The fourth-order valence-electron chi connectivity index (χ4n) is 8.61. The van der Waals surface area contributed by atoms with Gasteiger partial charge in [0.2, 0.25) is 0 Å². The average Bonchev–Trinajstić information content (AvgIpc) is 3.35. The molecule has 0 bridgehead atoms. The minimum Gasteiger partial charge on any atom is -0.525 e. The summed E-state index contributed by atoms with van der Waals surface area (Å²) in [6.45, 7) is 20.9. The van der Waals surface area contributed by atoms with Crippen LogP contribution >= 0.6 is 33.7 Å². The Morgan fingerprint density at radius 1 is 0.507 bits per heavy atom. The monoisotopic (exact) mass is 993 g/mol. The predicted molar refractivity (Wildman–Crippen MR) is 316 cm³/mol. The average molecular weight is 993 g/mol. The zero-order chi connectivity index (χ0) is 51.1. The van der Waals surface area contributed by atoms with Crippen LogP contribution in [-0.4, -0.2) is 9.16 Å². The summed E-state index contributed by atoms with van der Waals surface area (Å²) in [5.41, 5.74) is 16.7. The van der Waals surface area contributed by atoms with Gasteiger partial charge in [-0.05, 0) is 143 Å². The van der Waals surface area contributed by atoms with Gasteiger partial charge in [-0.2, -0.15) is 0 Å². The van der Waals surface area contributed by atoms with Crippen LogP contribution in [-0.2, 0) is 10.8 Å². The molecule has 7 aromatic carbocycles. The van der Waals surface area contributed by atoms with Crippen LogP contribution in [0.5, 0.6) is 5.75 Å². The van der Waals surface area contributed by atoms with Gasteiger partial charge in [0.15, 0.2) is 0 Å². The molecule has 362 valence electrons. The maximum Gasteiger partial charge on any atom is 0.127 e. The fourth-order valence-corrected chi connectivity index (χ4v) is 8.61. The zero-order valence-corrected chi connectivity index (χ0v) is 46.7. The third-order valence-corrected chi connectivity index (χ3v) is 17.4. The van der Waals surface area contributed by atoms with Crippen molar-refractivity contribution in [2.45, 2.75) is 125 Å². The van der Waals surface area contributed by atoms with Crippen molar-refractivity contribution in [3.8, 4) is 28.0 Å². The lowest BCUT2D eigenvalue weighted by Crippen LogP contribution is -2.13. The largest absolute Gasteiger partial charge is 0.525 e. The maximum atomic E-state index is 6.85. The number of anilines is 6. The summed E-state index contributed by atoms with van der Waals surface area (Å²) < 4.78 is 20.2. The Labute approximate surface area is 427 Å². The number of hydrogen-bond acceptors (Lipinski definition) is 3. The molecule has 7 rings (SSSR count). The zero-order valence-electron chi connectivity index (χ0n) is 44.7. The Hall–Kier alpha value is -4.34. The number of rotatable bonds is 19. The number of unbranched alkanes of at least 4 members (excludes halogenated alkanes) is 7. The second kappa shape index (κ2) is 26.2. The summed E-state index contributed by atoms with van der Waals surface area (Å²) in [7, 11) is 3.58. The van der Waals surface area contributed by atoms with Crippen molar-refractivity contribution in [1.29, 1.82) is 2.56 Å². The number of hydrogen-bond donors (Lipinski definition) is 0. The van der Waals surface area contributed by atoms with Gasteiger partial charge in [-0.25, -0.2) is 0 Å². The molecule has 0 aromatic heterocycles. The first-order valence-electron chi connectivity index (χ1n) is 25.8. The molecule has 3 atom stereocenters. The summed E-state index contributed by atoms with van der Waals surface area (Å²) >= 11 is 0. The highest BCUT2D eigenvalue weighted by molar-refractivity contribution is 8.54. The summed E-state index contributed by atoms with van der Waals surface area (Å²) in [5, 5.41) is 0. The molecular formula is C62H77N2OP4-. The van der Waals surface area contributed by atoms with Crippen molar-refractivity contribution in [3.63, 3.8) is 0 Å². The van der Waals surface area contributed by atoms with Crippen LogP contribution in [0.15, 0.2) is 164 Å². The predicted octanol–water partition coefficient (Wildman–Crippen LogP) is 20.8. The molecular weight excluding hydrogens is 913 g/mol. The lowest BCUT2D eigenvalue weighted by Gasteiger charge is -2.28. The van der Waals surface area contributed by atoms with Gasteiger partial charge in [-0.3, -0.25) is 7.90 Å². The normalized spacial score (nSPS) is 12.8. The highest BCUT2D eigenvalue weighted by Crippen LogP contribution is 2.48. The molecule has 0 aliphatic heterocycles. The Kier molecular flexibility index (Phi) is 19.4. The molecule has 3 nitrogen and oxygen atoms in total. The van der Waals surface area contributed by atoms with Gasteiger partial charge >= 0.3 is 0 Å². The highest BCUT2D eigenvalue weighted by Gasteiger charge is 2.19. The molecule has 0 fully saturated rings. The molecule has 0 N–H and O–H groups in total. The van der Waals surface area contributed by atoms with Gasteiger partial charge in [0.25, 0.3) is 0 Å². The van der Waals surface area contributed by atoms with E-state index >= 15 is 0 Å². The molecule has 0 aliphatic rings. The van der Waals surface area contributed by atoms with E-state index in [9.17, 15) is 0 Å². The first-order valence-corrected chi connectivity index (χ1v) is 30.3. The topological polar surface area (TPSA) is 15.7 Å². The summed E-state index contributed by atoms with van der Waals surface area (Å²) in [6, 6.07) is 60.4. The van der Waals surface area contributed by atoms with Crippen LogP contribution < -0.4 is 14.5 Å². The standard InChI is InChI=1S/C62H72N2O.H5P4/c1-10-11-12-13-14-15-16-17-44-65-60-45-47(3)20-43-59(60)50-25-37-56(38-26-50)64(58-41-29-52(30-42-58)62(7,8)9)55-35-23-49(24-36-55)48-21-33-54(34-22-48)63(53-31-18-46(2)19-32-53)57-39-27-51(28-40-57)61(4,5)6;1-3-4-2/h18-43,45H,10-17,44H2,1-9H3;1,3-4H,2H2/q;-1/i;3T,4D. The van der Waals surface area contributed by atoms with Crippen LogP contribution in [0, 0.1) is 13.8 Å². The van der Waals surface area contributed by atoms with Gasteiger partial charge < -0.3 is 23.5 Å². The molecule has 0 aliphatic carbocycles. The van der Waals surface area contributed by atoms with Gasteiger partial charge in [0.05, 0.1) is 7.89 Å². The number of aryl methyl sites for hydroxylation is 2. The molecule has 69 heavy (non-hydrogen) atoms. The van der Waals surface area contributed by atoms with E-state index in [2.05, 4.69) is 254 Å². The van der Waals surface area contributed by atoms with Crippen LogP contribution in [0.2, 0.25) is 0 Å². The Morgan fingerprint density at radius 2 is 0.841 bits per heavy atom. The number of nitrogens with zero attached hydrogens (tertiary/aromatic N) is 2. The molecule has 7 aromatic rings. The summed E-state index contributed by atoms with van der Waals surface area (Å²) in [6.07, 6.45) is 10.3. The first kappa shape index (κ1) is 51.0. The van der Waals surface area contributed by atoms with Crippen molar-refractivity contribution >= 4 is 67.8 Å².